The van der Waals surface area contributed by atoms with Crippen molar-refractivity contribution in [2.45, 2.75) is 37.0 Å². The van der Waals surface area contributed by atoms with Crippen LogP contribution in [-0.2, 0) is 10.0 Å². The normalized spacial score (nSPS) is 17.6. The number of benzene rings is 1. The topological polar surface area (TPSA) is 46.2 Å². The Morgan fingerprint density at radius 2 is 1.95 bits per heavy atom. The van der Waals surface area contributed by atoms with Crippen molar-refractivity contribution in [3.8, 4) is 0 Å². The molecular formula is C13H17BrFNO2S. The lowest BCUT2D eigenvalue weighted by molar-refractivity contribution is 0.357. The molecule has 1 N–H and O–H groups in total. The van der Waals surface area contributed by atoms with Gasteiger partial charge in [-0.2, -0.15) is 0 Å². The fourth-order valence-electron chi connectivity index (χ4n) is 2.38. The predicted octanol–water partition coefficient (Wildman–Crippen LogP) is 3.45. The van der Waals surface area contributed by atoms with Crippen molar-refractivity contribution in [2.75, 3.05) is 6.54 Å². The highest BCUT2D eigenvalue weighted by Gasteiger charge is 2.21. The Labute approximate surface area is 121 Å². The zero-order valence-corrected chi connectivity index (χ0v) is 12.9. The van der Waals surface area contributed by atoms with Crippen LogP contribution in [0.25, 0.3) is 0 Å². The van der Waals surface area contributed by atoms with Crippen molar-refractivity contribution in [2.24, 2.45) is 5.92 Å². The second-order valence-corrected chi connectivity index (χ2v) is 7.58. The molecule has 0 spiro atoms. The summed E-state index contributed by atoms with van der Waals surface area (Å²) in [7, 11) is -3.77. The van der Waals surface area contributed by atoms with Crippen LogP contribution in [0.15, 0.2) is 27.6 Å². The Bertz CT molecular complexity index is 542. The number of rotatable bonds is 4. The first-order valence-corrected chi connectivity index (χ1v) is 8.71. The molecule has 1 saturated carbocycles. The number of sulfonamides is 1. The van der Waals surface area contributed by atoms with Gasteiger partial charge >= 0.3 is 0 Å². The summed E-state index contributed by atoms with van der Waals surface area (Å²) in [6.07, 6.45) is 5.62. The summed E-state index contributed by atoms with van der Waals surface area (Å²) in [4.78, 5) is -0.294. The zero-order valence-electron chi connectivity index (χ0n) is 10.5. The van der Waals surface area contributed by atoms with E-state index >= 15 is 0 Å². The molecule has 1 aliphatic carbocycles. The molecule has 1 fully saturated rings. The van der Waals surface area contributed by atoms with Crippen molar-refractivity contribution in [1.82, 2.24) is 4.72 Å². The molecule has 106 valence electrons. The number of halogens is 2. The van der Waals surface area contributed by atoms with Crippen LogP contribution in [0.4, 0.5) is 4.39 Å². The van der Waals surface area contributed by atoms with Crippen LogP contribution in [0.3, 0.4) is 0 Å². The van der Waals surface area contributed by atoms with Crippen molar-refractivity contribution < 1.29 is 12.8 Å². The second kappa shape index (κ2) is 6.33. The van der Waals surface area contributed by atoms with E-state index in [1.54, 1.807) is 0 Å². The largest absolute Gasteiger partial charge is 0.243 e. The Balaban J connectivity index is 2.07. The van der Waals surface area contributed by atoms with Gasteiger partial charge in [-0.05, 0) is 37.0 Å². The highest BCUT2D eigenvalue weighted by atomic mass is 79.9. The summed E-state index contributed by atoms with van der Waals surface area (Å²) >= 11 is 3.16. The molecule has 1 aliphatic rings. The maximum absolute atomic E-state index is 13.6. The third-order valence-corrected chi connectivity index (χ3v) is 5.40. The highest BCUT2D eigenvalue weighted by Crippen LogP contribution is 2.24. The minimum Gasteiger partial charge on any atom is -0.211 e. The SMILES string of the molecule is O=S(=O)(NCC1CCCCC1)c1cc(Br)ccc1F. The summed E-state index contributed by atoms with van der Waals surface area (Å²) in [5.41, 5.74) is 0. The minimum atomic E-state index is -3.77. The van der Waals surface area contributed by atoms with Gasteiger partial charge in [-0.1, -0.05) is 35.2 Å². The fraction of sp³-hybridized carbons (Fsp3) is 0.538. The molecule has 0 amide bonds. The molecular weight excluding hydrogens is 333 g/mol. The van der Waals surface area contributed by atoms with E-state index in [1.807, 2.05) is 0 Å². The second-order valence-electron chi connectivity index (χ2n) is 4.93. The van der Waals surface area contributed by atoms with Gasteiger partial charge in [-0.25, -0.2) is 17.5 Å². The van der Waals surface area contributed by atoms with E-state index in [9.17, 15) is 12.8 Å². The van der Waals surface area contributed by atoms with Gasteiger partial charge in [0.05, 0.1) is 0 Å². The molecule has 3 nitrogen and oxygen atoms in total. The monoisotopic (exact) mass is 349 g/mol. The molecule has 0 saturated heterocycles. The molecule has 0 radical (unpaired) electrons. The van der Waals surface area contributed by atoms with Crippen LogP contribution in [-0.4, -0.2) is 15.0 Å². The van der Waals surface area contributed by atoms with E-state index in [0.717, 1.165) is 31.7 Å². The molecule has 6 heteroatoms. The van der Waals surface area contributed by atoms with E-state index in [2.05, 4.69) is 20.7 Å². The smallest absolute Gasteiger partial charge is 0.211 e. The Hall–Kier alpha value is -0.460. The Kier molecular flexibility index (Phi) is 4.97. The number of hydrogen-bond donors (Lipinski definition) is 1. The van der Waals surface area contributed by atoms with Crippen molar-refractivity contribution in [3.63, 3.8) is 0 Å². The van der Waals surface area contributed by atoms with Crippen LogP contribution < -0.4 is 4.72 Å². The molecule has 0 aromatic heterocycles. The first-order chi connectivity index (χ1) is 8.99. The fourth-order valence-corrected chi connectivity index (χ4v) is 4.11. The summed E-state index contributed by atoms with van der Waals surface area (Å²) in [5, 5.41) is 0. The number of nitrogens with one attached hydrogen (secondary N) is 1. The van der Waals surface area contributed by atoms with E-state index in [-0.39, 0.29) is 4.90 Å². The third-order valence-electron chi connectivity index (χ3n) is 3.47. The third kappa shape index (κ3) is 4.00. The molecule has 2 rings (SSSR count). The van der Waals surface area contributed by atoms with E-state index in [0.29, 0.717) is 16.9 Å². The lowest BCUT2D eigenvalue weighted by Crippen LogP contribution is -2.30. The van der Waals surface area contributed by atoms with Gasteiger partial charge in [0.1, 0.15) is 10.7 Å². The quantitative estimate of drug-likeness (QED) is 0.904. The molecule has 0 heterocycles. The molecule has 0 unspecified atom stereocenters. The molecule has 0 bridgehead atoms. The van der Waals surface area contributed by atoms with Gasteiger partial charge in [0.2, 0.25) is 10.0 Å². The van der Waals surface area contributed by atoms with Crippen LogP contribution in [0.2, 0.25) is 0 Å². The van der Waals surface area contributed by atoms with Gasteiger partial charge in [-0.3, -0.25) is 0 Å². The van der Waals surface area contributed by atoms with E-state index in [1.165, 1.54) is 18.6 Å². The summed E-state index contributed by atoms with van der Waals surface area (Å²) in [6, 6.07) is 3.92. The Morgan fingerprint density at radius 3 is 2.63 bits per heavy atom. The maximum atomic E-state index is 13.6. The predicted molar refractivity (Wildman–Crippen MR) is 75.9 cm³/mol. The van der Waals surface area contributed by atoms with Gasteiger partial charge in [0.15, 0.2) is 0 Å². The maximum Gasteiger partial charge on any atom is 0.243 e. The standard InChI is InChI=1S/C13H17BrFNO2S/c14-11-6-7-12(15)13(8-11)19(17,18)16-9-10-4-2-1-3-5-10/h6-8,10,16H,1-5,9H2. The highest BCUT2D eigenvalue weighted by molar-refractivity contribution is 9.10. The first kappa shape index (κ1) is 14.9. The Morgan fingerprint density at radius 1 is 1.26 bits per heavy atom. The van der Waals surface area contributed by atoms with Crippen molar-refractivity contribution >= 4 is 26.0 Å². The zero-order chi connectivity index (χ0) is 13.9. The van der Waals surface area contributed by atoms with Gasteiger partial charge in [-0.15, -0.1) is 0 Å². The van der Waals surface area contributed by atoms with E-state index < -0.39 is 15.8 Å². The molecule has 0 aliphatic heterocycles. The molecule has 1 aromatic carbocycles. The summed E-state index contributed by atoms with van der Waals surface area (Å²) < 4.78 is 40.8. The molecule has 0 atom stereocenters. The first-order valence-electron chi connectivity index (χ1n) is 6.44. The van der Waals surface area contributed by atoms with Gasteiger partial charge in [0, 0.05) is 11.0 Å². The molecule has 19 heavy (non-hydrogen) atoms. The lowest BCUT2D eigenvalue weighted by Gasteiger charge is -2.21. The van der Waals surface area contributed by atoms with Crippen LogP contribution in [0, 0.1) is 11.7 Å². The van der Waals surface area contributed by atoms with Gasteiger partial charge < -0.3 is 0 Å². The summed E-state index contributed by atoms with van der Waals surface area (Å²) in [5.74, 6) is -0.349. The minimum absolute atomic E-state index is 0.294. The van der Waals surface area contributed by atoms with Crippen LogP contribution in [0.1, 0.15) is 32.1 Å². The molecule has 1 aromatic rings. The average molecular weight is 350 g/mol. The number of hydrogen-bond acceptors (Lipinski definition) is 2. The van der Waals surface area contributed by atoms with E-state index in [4.69, 9.17) is 0 Å². The van der Waals surface area contributed by atoms with Crippen molar-refractivity contribution in [1.29, 1.82) is 0 Å². The summed E-state index contributed by atoms with van der Waals surface area (Å²) in [6.45, 7) is 0.397. The van der Waals surface area contributed by atoms with Crippen LogP contribution >= 0.6 is 15.9 Å². The van der Waals surface area contributed by atoms with Crippen molar-refractivity contribution in [3.05, 3.63) is 28.5 Å². The average Bonchev–Trinajstić information content (AvgIpc) is 2.40. The lowest BCUT2D eigenvalue weighted by atomic mass is 9.90. The van der Waals surface area contributed by atoms with Gasteiger partial charge in [0.25, 0.3) is 0 Å². The van der Waals surface area contributed by atoms with Crippen LogP contribution in [0.5, 0.6) is 0 Å².